The van der Waals surface area contributed by atoms with Crippen molar-refractivity contribution in [3.05, 3.63) is 21.1 Å². The van der Waals surface area contributed by atoms with Crippen LogP contribution in [0.5, 0.6) is 0 Å². The van der Waals surface area contributed by atoms with E-state index in [1.165, 1.54) is 17.4 Å². The summed E-state index contributed by atoms with van der Waals surface area (Å²) < 4.78 is 0. The van der Waals surface area contributed by atoms with Crippen molar-refractivity contribution in [3.8, 4) is 0 Å². The highest BCUT2D eigenvalue weighted by molar-refractivity contribution is 7.16. The van der Waals surface area contributed by atoms with Gasteiger partial charge in [-0.05, 0) is 40.9 Å². The largest absolute Gasteiger partial charge is 0.388 e. The minimum absolute atomic E-state index is 0.0950. The molecule has 0 bridgehead atoms. The van der Waals surface area contributed by atoms with Crippen LogP contribution in [0.25, 0.3) is 0 Å². The molecule has 1 N–H and O–H groups in total. The second kappa shape index (κ2) is 7.56. The Bertz CT molecular complexity index is 446. The second-order valence-corrected chi connectivity index (χ2v) is 6.07. The Balaban J connectivity index is 2.92. The number of nitro groups is 1. The lowest BCUT2D eigenvalue weighted by atomic mass is 10.3. The lowest BCUT2D eigenvalue weighted by Gasteiger charge is -2.21. The molecule has 1 atom stereocenters. The predicted molar refractivity (Wildman–Crippen MR) is 82.7 cm³/mol. The topological polar surface area (TPSA) is 69.8 Å². The lowest BCUT2D eigenvalue weighted by molar-refractivity contribution is -0.383. The summed E-state index contributed by atoms with van der Waals surface area (Å²) in [6.45, 7) is 6.05. The summed E-state index contributed by atoms with van der Waals surface area (Å²) in [5.74, 6) is 0. The van der Waals surface area contributed by atoms with Gasteiger partial charge in [-0.2, -0.15) is 0 Å². The second-order valence-electron chi connectivity index (χ2n) is 5.01. The van der Waals surface area contributed by atoms with Gasteiger partial charge in [-0.3, -0.25) is 10.1 Å². The average molecular weight is 301 g/mol. The van der Waals surface area contributed by atoms with Crippen LogP contribution in [0.1, 0.15) is 31.2 Å². The van der Waals surface area contributed by atoms with Crippen LogP contribution in [0.15, 0.2) is 6.07 Å². The molecule has 0 spiro atoms. The molecule has 1 heterocycles. The summed E-state index contributed by atoms with van der Waals surface area (Å²) in [4.78, 5) is 15.5. The van der Waals surface area contributed by atoms with Gasteiger partial charge in [0.15, 0.2) is 5.00 Å². The normalized spacial score (nSPS) is 12.7. The van der Waals surface area contributed by atoms with E-state index in [1.54, 1.807) is 6.92 Å². The highest BCUT2D eigenvalue weighted by Crippen LogP contribution is 2.40. The predicted octanol–water partition coefficient (Wildman–Crippen LogP) is 2.49. The summed E-state index contributed by atoms with van der Waals surface area (Å²) >= 11 is 1.31. The van der Waals surface area contributed by atoms with Gasteiger partial charge in [-0.1, -0.05) is 0 Å². The minimum Gasteiger partial charge on any atom is -0.388 e. The first-order valence-electron chi connectivity index (χ1n) is 6.72. The number of aliphatic hydroxyl groups excluding tert-OH is 1. The Morgan fingerprint density at radius 1 is 1.45 bits per heavy atom. The molecule has 0 radical (unpaired) electrons. The SMILES string of the molecule is CCN(CCCN(C)C)c1sc([C@H](C)O)cc1[N+](=O)[O-]. The monoisotopic (exact) mass is 301 g/mol. The fraction of sp³-hybridized carbons (Fsp3) is 0.692. The fourth-order valence-corrected chi connectivity index (χ4v) is 3.09. The number of hydrogen-bond acceptors (Lipinski definition) is 6. The highest BCUT2D eigenvalue weighted by atomic mass is 32.1. The van der Waals surface area contributed by atoms with Crippen LogP contribution in [-0.2, 0) is 0 Å². The van der Waals surface area contributed by atoms with Crippen LogP contribution in [0.3, 0.4) is 0 Å². The Morgan fingerprint density at radius 2 is 2.10 bits per heavy atom. The molecule has 6 nitrogen and oxygen atoms in total. The van der Waals surface area contributed by atoms with Crippen molar-refractivity contribution in [1.82, 2.24) is 4.90 Å². The number of hydrogen-bond donors (Lipinski definition) is 1. The molecule has 0 saturated carbocycles. The number of rotatable bonds is 8. The van der Waals surface area contributed by atoms with E-state index >= 15 is 0 Å². The van der Waals surface area contributed by atoms with E-state index in [4.69, 9.17) is 0 Å². The third kappa shape index (κ3) is 4.43. The number of anilines is 1. The molecule has 0 aliphatic carbocycles. The van der Waals surface area contributed by atoms with Crippen molar-refractivity contribution in [2.75, 3.05) is 38.6 Å². The van der Waals surface area contributed by atoms with E-state index in [0.717, 1.165) is 19.5 Å². The third-order valence-corrected chi connectivity index (χ3v) is 4.38. The van der Waals surface area contributed by atoms with Crippen molar-refractivity contribution in [2.24, 2.45) is 0 Å². The molecule has 114 valence electrons. The van der Waals surface area contributed by atoms with Crippen LogP contribution in [0.4, 0.5) is 10.7 Å². The summed E-state index contributed by atoms with van der Waals surface area (Å²) in [6, 6.07) is 1.49. The van der Waals surface area contributed by atoms with Gasteiger partial charge < -0.3 is 14.9 Å². The quantitative estimate of drug-likeness (QED) is 0.590. The van der Waals surface area contributed by atoms with E-state index in [0.29, 0.717) is 16.4 Å². The van der Waals surface area contributed by atoms with Crippen LogP contribution < -0.4 is 4.90 Å². The van der Waals surface area contributed by atoms with Crippen molar-refractivity contribution in [1.29, 1.82) is 0 Å². The lowest BCUT2D eigenvalue weighted by Crippen LogP contribution is -2.26. The van der Waals surface area contributed by atoms with Gasteiger partial charge in [-0.25, -0.2) is 0 Å². The molecule has 7 heteroatoms. The van der Waals surface area contributed by atoms with Crippen molar-refractivity contribution in [3.63, 3.8) is 0 Å². The maximum absolute atomic E-state index is 11.2. The first-order chi connectivity index (χ1) is 9.36. The Kier molecular flexibility index (Phi) is 6.38. The van der Waals surface area contributed by atoms with Gasteiger partial charge in [0.2, 0.25) is 0 Å². The zero-order chi connectivity index (χ0) is 15.3. The van der Waals surface area contributed by atoms with Crippen LogP contribution in [0, 0.1) is 10.1 Å². The number of aliphatic hydroxyl groups is 1. The molecule has 0 saturated heterocycles. The van der Waals surface area contributed by atoms with Crippen LogP contribution in [0.2, 0.25) is 0 Å². The Morgan fingerprint density at radius 3 is 2.55 bits per heavy atom. The summed E-state index contributed by atoms with van der Waals surface area (Å²) in [5.41, 5.74) is 0.0950. The molecule has 0 fully saturated rings. The molecule has 1 aromatic rings. The molecule has 1 aromatic heterocycles. The molecule has 0 amide bonds. The molecule has 0 unspecified atom stereocenters. The molecule has 1 rings (SSSR count). The summed E-state index contributed by atoms with van der Waals surface area (Å²) in [7, 11) is 4.02. The Labute approximate surface area is 123 Å². The molecule has 0 aliphatic heterocycles. The van der Waals surface area contributed by atoms with Gasteiger partial charge in [0.1, 0.15) is 0 Å². The zero-order valence-corrected chi connectivity index (χ0v) is 13.3. The van der Waals surface area contributed by atoms with Gasteiger partial charge in [0.05, 0.1) is 11.0 Å². The van der Waals surface area contributed by atoms with E-state index in [-0.39, 0.29) is 10.6 Å². The first kappa shape index (κ1) is 16.9. The van der Waals surface area contributed by atoms with Gasteiger partial charge in [0, 0.05) is 24.0 Å². The zero-order valence-electron chi connectivity index (χ0n) is 12.5. The standard InChI is InChI=1S/C13H23N3O3S/c1-5-15(8-6-7-14(3)4)13-11(16(18)19)9-12(20-13)10(2)17/h9-10,17H,5-8H2,1-4H3/t10-/m0/s1. The number of nitrogens with zero attached hydrogens (tertiary/aromatic N) is 3. The molecular weight excluding hydrogens is 278 g/mol. The summed E-state index contributed by atoms with van der Waals surface area (Å²) in [5, 5.41) is 21.4. The molecule has 0 aromatic carbocycles. The van der Waals surface area contributed by atoms with E-state index in [1.807, 2.05) is 25.9 Å². The molecule has 20 heavy (non-hydrogen) atoms. The smallest absolute Gasteiger partial charge is 0.304 e. The maximum Gasteiger partial charge on any atom is 0.304 e. The number of thiophene rings is 1. The highest BCUT2D eigenvalue weighted by Gasteiger charge is 2.24. The fourth-order valence-electron chi connectivity index (χ4n) is 1.93. The van der Waals surface area contributed by atoms with Gasteiger partial charge in [0.25, 0.3) is 0 Å². The van der Waals surface area contributed by atoms with E-state index in [9.17, 15) is 15.2 Å². The van der Waals surface area contributed by atoms with Crippen molar-refractivity contribution >= 4 is 22.0 Å². The summed E-state index contributed by atoms with van der Waals surface area (Å²) in [6.07, 6.45) is 0.271. The minimum atomic E-state index is -0.673. The van der Waals surface area contributed by atoms with Crippen molar-refractivity contribution < 1.29 is 10.0 Å². The van der Waals surface area contributed by atoms with E-state index < -0.39 is 6.10 Å². The maximum atomic E-state index is 11.2. The average Bonchev–Trinajstić information content (AvgIpc) is 2.79. The molecule has 0 aliphatic rings. The Hall–Kier alpha value is -1.18. The van der Waals surface area contributed by atoms with Crippen molar-refractivity contribution in [2.45, 2.75) is 26.4 Å². The van der Waals surface area contributed by atoms with Crippen LogP contribution >= 0.6 is 11.3 Å². The van der Waals surface area contributed by atoms with Gasteiger partial charge >= 0.3 is 5.69 Å². The third-order valence-electron chi connectivity index (χ3n) is 3.02. The van der Waals surface area contributed by atoms with Gasteiger partial charge in [-0.15, -0.1) is 11.3 Å². The molecular formula is C13H23N3O3S. The first-order valence-corrected chi connectivity index (χ1v) is 7.54. The van der Waals surface area contributed by atoms with Crippen LogP contribution in [-0.4, -0.2) is 48.7 Å². The van der Waals surface area contributed by atoms with E-state index in [2.05, 4.69) is 4.90 Å².